The minimum absolute atomic E-state index is 0.0830. The van der Waals surface area contributed by atoms with E-state index in [0.717, 1.165) is 96.3 Å². The van der Waals surface area contributed by atoms with Gasteiger partial charge in [-0.15, -0.1) is 0 Å². The third-order valence-electron chi connectivity index (χ3n) is 16.0. The van der Waals surface area contributed by atoms with Crippen molar-refractivity contribution >= 4 is 17.9 Å². The van der Waals surface area contributed by atoms with Crippen LogP contribution in [-0.4, -0.2) is 37.2 Å². The molecule has 6 nitrogen and oxygen atoms in total. The second-order valence-electron chi connectivity index (χ2n) is 24.1. The Morgan fingerprint density at radius 3 is 0.753 bits per heavy atom. The number of allylic oxidation sites excluding steroid dienone is 10. The van der Waals surface area contributed by atoms with Crippen molar-refractivity contribution < 1.29 is 28.6 Å². The van der Waals surface area contributed by atoms with Gasteiger partial charge in [0.25, 0.3) is 0 Å². The van der Waals surface area contributed by atoms with Crippen LogP contribution >= 0.6 is 0 Å². The maximum atomic E-state index is 12.9. The summed E-state index contributed by atoms with van der Waals surface area (Å²) in [4.78, 5) is 38.4. The van der Waals surface area contributed by atoms with E-state index < -0.39 is 6.10 Å². The standard InChI is InChI=1S/C75H136O6/c1-4-7-10-13-16-19-22-25-28-30-32-33-34-35-36-37-38-39-40-41-42-44-45-47-50-53-56-59-62-65-68-74(77)80-71-72(70-79-73(76)67-64-61-58-55-52-49-27-24-21-18-15-12-9-6-3)81-75(78)69-66-63-60-57-54-51-48-46-43-31-29-26-23-20-17-14-11-8-5-2/h8,11,17,20,26,29,43,46,51,54,72H,4-7,9-10,12-16,18-19,21-25,27-28,30-42,44-45,47-50,52-53,55-71H2,1-3H3/b11-8-,20-17-,29-26-,46-43-,54-51-. The fourth-order valence-electron chi connectivity index (χ4n) is 10.7. The van der Waals surface area contributed by atoms with Crippen LogP contribution in [-0.2, 0) is 28.6 Å². The molecule has 6 heteroatoms. The van der Waals surface area contributed by atoms with E-state index in [-0.39, 0.29) is 31.1 Å². The van der Waals surface area contributed by atoms with Gasteiger partial charge in [-0.3, -0.25) is 14.4 Å². The van der Waals surface area contributed by atoms with Crippen LogP contribution in [0.4, 0.5) is 0 Å². The Balaban J connectivity index is 4.22. The SMILES string of the molecule is CC/C=C\C/C=C\C/C=C\C/C=C\C/C=C\CCCCCC(=O)OC(COC(=O)CCCCCCCCCCCCCCCC)COC(=O)CCCCCCCCCCCCCCCCCCCCCCCCCCCCCCCC. The molecule has 0 radical (unpaired) electrons. The van der Waals surface area contributed by atoms with Gasteiger partial charge in [-0.05, 0) is 64.2 Å². The molecule has 0 aromatic heterocycles. The van der Waals surface area contributed by atoms with E-state index in [0.29, 0.717) is 19.3 Å². The lowest BCUT2D eigenvalue weighted by Gasteiger charge is -2.18. The van der Waals surface area contributed by atoms with E-state index in [2.05, 4.69) is 81.5 Å². The molecule has 0 bridgehead atoms. The summed E-state index contributed by atoms with van der Waals surface area (Å²) in [6.07, 6.45) is 89.8. The highest BCUT2D eigenvalue weighted by Crippen LogP contribution is 2.19. The molecule has 0 aromatic rings. The summed E-state index contributed by atoms with van der Waals surface area (Å²) in [5, 5.41) is 0. The van der Waals surface area contributed by atoms with Gasteiger partial charge in [0.05, 0.1) is 0 Å². The van der Waals surface area contributed by atoms with Crippen molar-refractivity contribution in [2.24, 2.45) is 0 Å². The summed E-state index contributed by atoms with van der Waals surface area (Å²) in [6, 6.07) is 0. The molecule has 0 rings (SSSR count). The molecule has 0 saturated heterocycles. The van der Waals surface area contributed by atoms with Gasteiger partial charge >= 0.3 is 17.9 Å². The zero-order chi connectivity index (χ0) is 58.5. The quantitative estimate of drug-likeness (QED) is 0.0261. The molecule has 0 amide bonds. The van der Waals surface area contributed by atoms with Crippen LogP contribution in [0.25, 0.3) is 0 Å². The molecule has 1 atom stereocenters. The van der Waals surface area contributed by atoms with Gasteiger partial charge in [-0.25, -0.2) is 0 Å². The molecule has 81 heavy (non-hydrogen) atoms. The summed E-state index contributed by atoms with van der Waals surface area (Å²) in [5.74, 6) is -0.891. The monoisotopic (exact) mass is 1130 g/mol. The van der Waals surface area contributed by atoms with Crippen molar-refractivity contribution in [1.29, 1.82) is 0 Å². The van der Waals surface area contributed by atoms with Gasteiger partial charge in [0.2, 0.25) is 0 Å². The highest BCUT2D eigenvalue weighted by molar-refractivity contribution is 5.71. The van der Waals surface area contributed by atoms with Crippen LogP contribution in [0.2, 0.25) is 0 Å². The highest BCUT2D eigenvalue weighted by atomic mass is 16.6. The molecule has 0 aliphatic heterocycles. The van der Waals surface area contributed by atoms with E-state index in [1.165, 1.54) is 244 Å². The van der Waals surface area contributed by atoms with Crippen LogP contribution in [0, 0.1) is 0 Å². The van der Waals surface area contributed by atoms with Crippen LogP contribution in [0.1, 0.15) is 380 Å². The lowest BCUT2D eigenvalue weighted by molar-refractivity contribution is -0.167. The van der Waals surface area contributed by atoms with E-state index in [9.17, 15) is 14.4 Å². The third kappa shape index (κ3) is 67.8. The summed E-state index contributed by atoms with van der Waals surface area (Å²) >= 11 is 0. The summed E-state index contributed by atoms with van der Waals surface area (Å²) in [6.45, 7) is 6.56. The summed E-state index contributed by atoms with van der Waals surface area (Å²) in [7, 11) is 0. The normalized spacial score (nSPS) is 12.4. The second kappa shape index (κ2) is 69.6. The number of hydrogen-bond donors (Lipinski definition) is 0. The average Bonchev–Trinajstić information content (AvgIpc) is 3.47. The van der Waals surface area contributed by atoms with E-state index in [1.807, 2.05) is 0 Å². The molecule has 1 unspecified atom stereocenters. The predicted molar refractivity (Wildman–Crippen MR) is 353 cm³/mol. The molecule has 0 saturated carbocycles. The molecule has 0 aliphatic rings. The Morgan fingerprint density at radius 2 is 0.481 bits per heavy atom. The van der Waals surface area contributed by atoms with Crippen molar-refractivity contribution in [1.82, 2.24) is 0 Å². The van der Waals surface area contributed by atoms with Gasteiger partial charge in [0.1, 0.15) is 13.2 Å². The van der Waals surface area contributed by atoms with Gasteiger partial charge < -0.3 is 14.2 Å². The number of carbonyl (C=O) groups excluding carboxylic acids is 3. The van der Waals surface area contributed by atoms with Crippen LogP contribution in [0.5, 0.6) is 0 Å². The molecule has 0 heterocycles. The minimum Gasteiger partial charge on any atom is -0.462 e. The fourth-order valence-corrected chi connectivity index (χ4v) is 10.7. The van der Waals surface area contributed by atoms with Gasteiger partial charge in [-0.2, -0.15) is 0 Å². The van der Waals surface area contributed by atoms with E-state index in [4.69, 9.17) is 14.2 Å². The van der Waals surface area contributed by atoms with Crippen molar-refractivity contribution in [3.8, 4) is 0 Å². The van der Waals surface area contributed by atoms with Crippen molar-refractivity contribution in [2.45, 2.75) is 386 Å². The fraction of sp³-hybridized carbons (Fsp3) is 0.827. The zero-order valence-electron chi connectivity index (χ0n) is 54.3. The van der Waals surface area contributed by atoms with Crippen LogP contribution < -0.4 is 0 Å². The minimum atomic E-state index is -0.790. The first kappa shape index (κ1) is 78.1. The Kier molecular flexibility index (Phi) is 67.1. The number of hydrogen-bond acceptors (Lipinski definition) is 6. The second-order valence-corrected chi connectivity index (χ2v) is 24.1. The average molecular weight is 1130 g/mol. The molecule has 0 spiro atoms. The third-order valence-corrected chi connectivity index (χ3v) is 16.0. The topological polar surface area (TPSA) is 78.9 Å². The van der Waals surface area contributed by atoms with Crippen LogP contribution in [0.15, 0.2) is 60.8 Å². The van der Waals surface area contributed by atoms with Gasteiger partial charge in [0.15, 0.2) is 6.10 Å². The number of carbonyl (C=O) groups is 3. The van der Waals surface area contributed by atoms with Crippen molar-refractivity contribution in [3.63, 3.8) is 0 Å². The maximum Gasteiger partial charge on any atom is 0.306 e. The Labute approximate surface area is 504 Å². The Bertz CT molecular complexity index is 1440. The number of esters is 3. The molecule has 0 aliphatic carbocycles. The first-order valence-electron chi connectivity index (χ1n) is 35.8. The van der Waals surface area contributed by atoms with E-state index in [1.54, 1.807) is 0 Å². The lowest BCUT2D eigenvalue weighted by Crippen LogP contribution is -2.30. The van der Waals surface area contributed by atoms with Gasteiger partial charge in [-0.1, -0.05) is 358 Å². The van der Waals surface area contributed by atoms with Gasteiger partial charge in [0, 0.05) is 19.3 Å². The van der Waals surface area contributed by atoms with Crippen LogP contribution in [0.3, 0.4) is 0 Å². The maximum absolute atomic E-state index is 12.9. The zero-order valence-corrected chi connectivity index (χ0v) is 54.3. The number of rotatable bonds is 66. The van der Waals surface area contributed by atoms with E-state index >= 15 is 0 Å². The van der Waals surface area contributed by atoms with Crippen molar-refractivity contribution in [2.75, 3.05) is 13.2 Å². The first-order chi connectivity index (χ1) is 40.0. The molecular formula is C75H136O6. The summed E-state index contributed by atoms with van der Waals surface area (Å²) in [5.41, 5.74) is 0. The predicted octanol–water partition coefficient (Wildman–Crippen LogP) is 24.7. The molecular weight excluding hydrogens is 997 g/mol. The largest absolute Gasteiger partial charge is 0.462 e. The molecule has 0 fully saturated rings. The lowest BCUT2D eigenvalue weighted by atomic mass is 10.0. The number of unbranched alkanes of at least 4 members (excludes halogenated alkanes) is 45. The Morgan fingerprint density at radius 1 is 0.259 bits per heavy atom. The smallest absolute Gasteiger partial charge is 0.306 e. The molecule has 472 valence electrons. The molecule has 0 N–H and O–H groups in total. The number of ether oxygens (including phenoxy) is 3. The first-order valence-corrected chi connectivity index (χ1v) is 35.8. The van der Waals surface area contributed by atoms with Crippen molar-refractivity contribution in [3.05, 3.63) is 60.8 Å². The summed E-state index contributed by atoms with van der Waals surface area (Å²) < 4.78 is 17.0. The molecule has 0 aromatic carbocycles. The highest BCUT2D eigenvalue weighted by Gasteiger charge is 2.19. The Hall–Kier alpha value is -2.89.